The van der Waals surface area contributed by atoms with Gasteiger partial charge in [0.15, 0.2) is 11.5 Å². The number of amides is 2. The minimum Gasteiger partial charge on any atom is -0.493 e. The molecule has 2 unspecified atom stereocenters. The smallest absolute Gasteiger partial charge is 0.334 e. The number of methoxy groups -OCH3 is 1. The van der Waals surface area contributed by atoms with Gasteiger partial charge in [-0.2, -0.15) is 0 Å². The summed E-state index contributed by atoms with van der Waals surface area (Å²) in [7, 11) is 1.53. The Labute approximate surface area is 249 Å². The number of likely N-dealkylation sites (tertiary alicyclic amines) is 2. The van der Waals surface area contributed by atoms with Gasteiger partial charge in [-0.15, -0.1) is 6.58 Å². The second-order valence-electron chi connectivity index (χ2n) is 10.0. The number of hydrogen-bond donors (Lipinski definition) is 1. The van der Waals surface area contributed by atoms with E-state index >= 15 is 0 Å². The summed E-state index contributed by atoms with van der Waals surface area (Å²) in [6.07, 6.45) is 11.2. The molecule has 1 N–H and O–H groups in total. The molecule has 0 radical (unpaired) electrons. The van der Waals surface area contributed by atoms with Crippen LogP contribution in [0.5, 0.6) is 11.5 Å². The number of aliphatic carboxylic acids is 1. The minimum atomic E-state index is -0.935. The number of esters is 1. The average Bonchev–Trinajstić information content (AvgIpc) is 3.73. The van der Waals surface area contributed by atoms with Crippen LogP contribution in [0.3, 0.4) is 0 Å². The molecule has 1 aromatic carbocycles. The molecule has 4 heterocycles. The highest BCUT2D eigenvalue weighted by atomic mass is 16.6. The zero-order chi connectivity index (χ0) is 30.8. The van der Waals surface area contributed by atoms with Gasteiger partial charge >= 0.3 is 11.9 Å². The number of ether oxygens (including phenoxy) is 2. The molecule has 11 heteroatoms. The Kier molecular flexibility index (Phi) is 10.6. The molecule has 5 rings (SSSR count). The maximum absolute atomic E-state index is 12.7. The maximum Gasteiger partial charge on any atom is 0.334 e. The molecule has 0 saturated carbocycles. The van der Waals surface area contributed by atoms with Gasteiger partial charge < -0.3 is 24.4 Å². The molecule has 2 aromatic heterocycles. The largest absolute Gasteiger partial charge is 0.493 e. The summed E-state index contributed by atoms with van der Waals surface area (Å²) < 4.78 is 10.9. The fourth-order valence-corrected chi connectivity index (χ4v) is 5.10. The van der Waals surface area contributed by atoms with E-state index < -0.39 is 24.0 Å². The van der Waals surface area contributed by atoms with E-state index in [1.165, 1.54) is 24.4 Å². The predicted molar refractivity (Wildman–Crippen MR) is 157 cm³/mol. The number of pyridine rings is 2. The van der Waals surface area contributed by atoms with E-state index in [1.54, 1.807) is 53.7 Å². The molecule has 2 saturated heterocycles. The topological polar surface area (TPSA) is 139 Å². The Bertz CT molecular complexity index is 1450. The zero-order valence-corrected chi connectivity index (χ0v) is 23.9. The first-order valence-corrected chi connectivity index (χ1v) is 14.0. The van der Waals surface area contributed by atoms with Crippen LogP contribution in [0.25, 0.3) is 0 Å². The Balaban J connectivity index is 0.000000225. The molecule has 0 aliphatic carbocycles. The fourth-order valence-electron chi connectivity index (χ4n) is 5.10. The Morgan fingerprint density at radius 1 is 0.907 bits per heavy atom. The van der Waals surface area contributed by atoms with Gasteiger partial charge in [-0.1, -0.05) is 12.1 Å². The number of nitrogens with zero attached hydrogens (tertiary/aromatic N) is 4. The summed E-state index contributed by atoms with van der Waals surface area (Å²) in [6.45, 7) is 4.74. The van der Waals surface area contributed by atoms with Crippen molar-refractivity contribution < 1.29 is 33.8 Å². The number of rotatable bonds is 8. The highest BCUT2D eigenvalue weighted by Gasteiger charge is 2.36. The Morgan fingerprint density at radius 2 is 1.49 bits per heavy atom. The van der Waals surface area contributed by atoms with Crippen molar-refractivity contribution in [2.45, 2.75) is 44.2 Å². The van der Waals surface area contributed by atoms with Crippen LogP contribution in [0.15, 0.2) is 79.9 Å². The first-order chi connectivity index (χ1) is 20.8. The molecular weight excluding hydrogens is 552 g/mol. The number of carboxylic acids is 1. The first-order valence-electron chi connectivity index (χ1n) is 14.0. The van der Waals surface area contributed by atoms with Crippen molar-refractivity contribution in [2.75, 3.05) is 20.2 Å². The Hall–Kier alpha value is -5.06. The average molecular weight is 587 g/mol. The van der Waals surface area contributed by atoms with Crippen LogP contribution in [0.4, 0.5) is 0 Å². The van der Waals surface area contributed by atoms with Gasteiger partial charge in [0.1, 0.15) is 12.1 Å². The van der Waals surface area contributed by atoms with Crippen molar-refractivity contribution in [1.82, 2.24) is 19.8 Å². The van der Waals surface area contributed by atoms with E-state index in [-0.39, 0.29) is 11.8 Å². The third-order valence-electron chi connectivity index (χ3n) is 7.22. The summed E-state index contributed by atoms with van der Waals surface area (Å²) >= 11 is 0. The standard InChI is InChI=1S/C21H22N2O4.C11H12N2O3/c1-3-6-15-9-10-18(19(13-15)26-2)27-21(25)17-8-5-12-23(17)20(24)16-7-4-11-22-14-16;14-10(8-3-1-5-12-7-8)13-6-2-4-9(13)11(15)16/h3-4,7,9-11,13-14,17H,1,5-6,8,12H2,2H3;1,3,5,7,9H,2,4,6H2,(H,15,16). The van der Waals surface area contributed by atoms with Crippen molar-refractivity contribution in [2.24, 2.45) is 0 Å². The maximum atomic E-state index is 12.7. The molecule has 3 aromatic rings. The van der Waals surface area contributed by atoms with Crippen LogP contribution < -0.4 is 9.47 Å². The lowest BCUT2D eigenvalue weighted by Gasteiger charge is -2.23. The highest BCUT2D eigenvalue weighted by Crippen LogP contribution is 2.30. The second-order valence-corrected chi connectivity index (χ2v) is 10.0. The van der Waals surface area contributed by atoms with Crippen LogP contribution in [0, 0.1) is 0 Å². The minimum absolute atomic E-state index is 0.212. The lowest BCUT2D eigenvalue weighted by atomic mass is 10.1. The number of allylic oxidation sites excluding steroid dienone is 1. The molecule has 2 aliphatic rings. The van der Waals surface area contributed by atoms with E-state index in [4.69, 9.17) is 14.6 Å². The normalized spacial score (nSPS) is 17.4. The SMILES string of the molecule is C=CCc1ccc(OC(=O)C2CCCN2C(=O)c2cccnc2)c(OC)c1.O=C(O)C1CCCN1C(=O)c1cccnc1. The molecule has 0 spiro atoms. The molecule has 0 bridgehead atoms. The van der Waals surface area contributed by atoms with Crippen LogP contribution in [-0.4, -0.2) is 80.9 Å². The van der Waals surface area contributed by atoms with Crippen molar-refractivity contribution in [3.05, 3.63) is 96.6 Å². The summed E-state index contributed by atoms with van der Waals surface area (Å²) in [6, 6.07) is 10.8. The number of carbonyl (C=O) groups excluding carboxylic acids is 3. The van der Waals surface area contributed by atoms with E-state index in [0.717, 1.165) is 18.4 Å². The van der Waals surface area contributed by atoms with E-state index in [0.29, 0.717) is 55.0 Å². The van der Waals surface area contributed by atoms with Crippen molar-refractivity contribution in [1.29, 1.82) is 0 Å². The van der Waals surface area contributed by atoms with Crippen molar-refractivity contribution >= 4 is 23.8 Å². The first kappa shape index (κ1) is 30.9. The van der Waals surface area contributed by atoms with E-state index in [1.807, 2.05) is 12.1 Å². The van der Waals surface area contributed by atoms with Crippen LogP contribution >= 0.6 is 0 Å². The van der Waals surface area contributed by atoms with Crippen LogP contribution in [0.2, 0.25) is 0 Å². The fraction of sp³-hybridized carbons (Fsp3) is 0.312. The number of aromatic nitrogens is 2. The monoisotopic (exact) mass is 586 g/mol. The third-order valence-corrected chi connectivity index (χ3v) is 7.22. The van der Waals surface area contributed by atoms with Crippen molar-refractivity contribution in [3.8, 4) is 11.5 Å². The number of benzene rings is 1. The number of hydrogen-bond acceptors (Lipinski definition) is 8. The van der Waals surface area contributed by atoms with Crippen LogP contribution in [0.1, 0.15) is 52.0 Å². The van der Waals surface area contributed by atoms with Crippen LogP contribution in [-0.2, 0) is 16.0 Å². The second kappa shape index (κ2) is 14.7. The third kappa shape index (κ3) is 7.62. The van der Waals surface area contributed by atoms with Gasteiger partial charge in [0.25, 0.3) is 11.8 Å². The number of carbonyl (C=O) groups is 4. The molecule has 2 atom stereocenters. The zero-order valence-electron chi connectivity index (χ0n) is 23.9. The molecule has 224 valence electrons. The van der Waals surface area contributed by atoms with Gasteiger partial charge in [0.05, 0.1) is 18.2 Å². The summed E-state index contributed by atoms with van der Waals surface area (Å²) in [5, 5.41) is 8.97. The molecule has 2 fully saturated rings. The van der Waals surface area contributed by atoms with E-state index in [9.17, 15) is 19.2 Å². The lowest BCUT2D eigenvalue weighted by molar-refractivity contribution is -0.141. The summed E-state index contributed by atoms with van der Waals surface area (Å²) in [5.41, 5.74) is 1.91. The van der Waals surface area contributed by atoms with Gasteiger partial charge in [-0.3, -0.25) is 19.6 Å². The predicted octanol–water partition coefficient (Wildman–Crippen LogP) is 3.80. The van der Waals surface area contributed by atoms with Crippen molar-refractivity contribution in [3.63, 3.8) is 0 Å². The molecule has 2 amide bonds. The lowest BCUT2D eigenvalue weighted by Crippen LogP contribution is -2.42. The summed E-state index contributed by atoms with van der Waals surface area (Å²) in [5.74, 6) is -1.04. The highest BCUT2D eigenvalue weighted by molar-refractivity contribution is 5.97. The molecular formula is C32H34N4O7. The summed E-state index contributed by atoms with van der Waals surface area (Å²) in [4.78, 5) is 59.1. The van der Waals surface area contributed by atoms with Gasteiger partial charge in [-0.05, 0) is 74.1 Å². The quantitative estimate of drug-likeness (QED) is 0.237. The van der Waals surface area contributed by atoms with E-state index in [2.05, 4.69) is 16.5 Å². The number of carboxylic acid groups (broad SMARTS) is 1. The molecule has 11 nitrogen and oxygen atoms in total. The molecule has 43 heavy (non-hydrogen) atoms. The molecule has 2 aliphatic heterocycles. The Morgan fingerprint density at radius 3 is 2.00 bits per heavy atom. The van der Waals surface area contributed by atoms with Gasteiger partial charge in [0, 0.05) is 37.9 Å². The van der Waals surface area contributed by atoms with Gasteiger partial charge in [0.2, 0.25) is 0 Å². The van der Waals surface area contributed by atoms with Gasteiger partial charge in [-0.25, -0.2) is 9.59 Å².